The summed E-state index contributed by atoms with van der Waals surface area (Å²) in [6.45, 7) is 9.37. The monoisotopic (exact) mass is 508 g/mol. The summed E-state index contributed by atoms with van der Waals surface area (Å²) in [5, 5.41) is 3.33. The number of nitrogens with zero attached hydrogens (tertiary/aromatic N) is 3. The molecule has 1 N–H and O–H groups in total. The van der Waals surface area contributed by atoms with Crippen molar-refractivity contribution in [2.45, 2.75) is 46.6 Å². The van der Waals surface area contributed by atoms with Gasteiger partial charge in [0.15, 0.2) is 0 Å². The fourth-order valence-corrected chi connectivity index (χ4v) is 5.84. The van der Waals surface area contributed by atoms with E-state index in [4.69, 9.17) is 11.6 Å². The molecule has 1 aromatic carbocycles. The standard InChI is InChI=1S/C24H33ClN4O4S/c1-6-29(19-7-9-28(10-8-19)34(5,32)33)22-13-18(25)12-20(17(22)4)23(30)26-14-21-15(2)11-16(3)27-24(21)31/h11-13,19,21H,6-10,14H2,1-5H3,(H,26,30). The molecule has 10 heteroatoms. The highest BCUT2D eigenvalue weighted by Crippen LogP contribution is 2.32. The molecule has 2 heterocycles. The van der Waals surface area contributed by atoms with Crippen molar-refractivity contribution in [2.75, 3.05) is 37.3 Å². The van der Waals surface area contributed by atoms with Crippen molar-refractivity contribution in [2.24, 2.45) is 10.9 Å². The van der Waals surface area contributed by atoms with Crippen molar-refractivity contribution in [1.29, 1.82) is 0 Å². The van der Waals surface area contributed by atoms with E-state index < -0.39 is 15.9 Å². The van der Waals surface area contributed by atoms with Crippen LogP contribution in [0.3, 0.4) is 0 Å². The van der Waals surface area contributed by atoms with E-state index in [-0.39, 0.29) is 24.4 Å². The number of nitrogens with one attached hydrogen (secondary N) is 1. The molecule has 1 atom stereocenters. The summed E-state index contributed by atoms with van der Waals surface area (Å²) in [4.78, 5) is 31.6. The summed E-state index contributed by atoms with van der Waals surface area (Å²) >= 11 is 6.43. The summed E-state index contributed by atoms with van der Waals surface area (Å²) in [7, 11) is -3.20. The zero-order valence-electron chi connectivity index (χ0n) is 20.4. The Morgan fingerprint density at radius 2 is 1.88 bits per heavy atom. The first-order chi connectivity index (χ1) is 15.9. The summed E-state index contributed by atoms with van der Waals surface area (Å²) in [6, 6.07) is 3.64. The van der Waals surface area contributed by atoms with Crippen LogP contribution < -0.4 is 10.2 Å². The minimum Gasteiger partial charge on any atom is -0.368 e. The fraction of sp³-hybridized carbons (Fsp3) is 0.542. The lowest BCUT2D eigenvalue weighted by molar-refractivity contribution is -0.120. The SMILES string of the molecule is CCN(c1cc(Cl)cc(C(=O)NCC2C(=O)N=C(C)C=C2C)c1C)C1CCN(S(C)(=O)=O)CC1. The van der Waals surface area contributed by atoms with Gasteiger partial charge >= 0.3 is 0 Å². The van der Waals surface area contributed by atoms with Gasteiger partial charge in [-0.3, -0.25) is 9.59 Å². The number of amides is 2. The summed E-state index contributed by atoms with van der Waals surface area (Å²) in [6.07, 6.45) is 4.49. The molecular weight excluding hydrogens is 476 g/mol. The topological polar surface area (TPSA) is 99.2 Å². The average Bonchev–Trinajstić information content (AvgIpc) is 2.75. The maximum absolute atomic E-state index is 13.1. The molecule has 0 bridgehead atoms. The lowest BCUT2D eigenvalue weighted by Crippen LogP contribution is -2.46. The fourth-order valence-electron chi connectivity index (χ4n) is 4.76. The van der Waals surface area contributed by atoms with Crippen LogP contribution in [0.4, 0.5) is 5.69 Å². The number of hydrogen-bond donors (Lipinski definition) is 1. The molecule has 0 aromatic heterocycles. The second-order valence-electron chi connectivity index (χ2n) is 9.02. The third-order valence-corrected chi connectivity index (χ3v) is 8.13. The molecule has 3 rings (SSSR count). The van der Waals surface area contributed by atoms with Gasteiger partial charge in [-0.25, -0.2) is 17.7 Å². The molecule has 1 fully saturated rings. The van der Waals surface area contributed by atoms with Crippen molar-refractivity contribution in [3.63, 3.8) is 0 Å². The molecule has 1 unspecified atom stereocenters. The molecule has 0 aliphatic carbocycles. The van der Waals surface area contributed by atoms with Crippen LogP contribution >= 0.6 is 11.6 Å². The minimum absolute atomic E-state index is 0.143. The second kappa shape index (κ2) is 10.6. The highest BCUT2D eigenvalue weighted by molar-refractivity contribution is 7.88. The molecule has 0 saturated carbocycles. The van der Waals surface area contributed by atoms with Gasteiger partial charge in [0.25, 0.3) is 11.8 Å². The van der Waals surface area contributed by atoms with Crippen LogP contribution in [0.25, 0.3) is 0 Å². The van der Waals surface area contributed by atoms with Crippen molar-refractivity contribution in [3.8, 4) is 0 Å². The van der Waals surface area contributed by atoms with Crippen molar-refractivity contribution in [1.82, 2.24) is 9.62 Å². The van der Waals surface area contributed by atoms with E-state index in [1.807, 2.05) is 32.9 Å². The third-order valence-electron chi connectivity index (χ3n) is 6.61. The highest BCUT2D eigenvalue weighted by atomic mass is 35.5. The van der Waals surface area contributed by atoms with E-state index in [0.717, 1.165) is 16.8 Å². The Morgan fingerprint density at radius 1 is 1.24 bits per heavy atom. The Kier molecular flexibility index (Phi) is 8.21. The number of dihydropyridines is 1. The van der Waals surface area contributed by atoms with Crippen LogP contribution in [0.15, 0.2) is 28.8 Å². The molecule has 2 aliphatic rings. The number of aliphatic imine (C=N–C) groups is 1. The number of halogens is 1. The number of hydrogen-bond acceptors (Lipinski definition) is 5. The molecule has 1 aromatic rings. The van der Waals surface area contributed by atoms with Crippen molar-refractivity contribution in [3.05, 3.63) is 39.9 Å². The quantitative estimate of drug-likeness (QED) is 0.609. The van der Waals surface area contributed by atoms with Gasteiger partial charge in [-0.2, -0.15) is 0 Å². The van der Waals surface area contributed by atoms with Gasteiger partial charge in [0.1, 0.15) is 0 Å². The van der Waals surface area contributed by atoms with Gasteiger partial charge < -0.3 is 10.2 Å². The van der Waals surface area contributed by atoms with Gasteiger partial charge in [0.05, 0.1) is 12.2 Å². The van der Waals surface area contributed by atoms with Crippen LogP contribution in [-0.4, -0.2) is 68.7 Å². The first-order valence-electron chi connectivity index (χ1n) is 11.5. The normalized spacial score (nSPS) is 20.1. The van der Waals surface area contributed by atoms with Gasteiger partial charge in [0.2, 0.25) is 10.0 Å². The second-order valence-corrected chi connectivity index (χ2v) is 11.4. The molecule has 8 nitrogen and oxygen atoms in total. The third kappa shape index (κ3) is 5.87. The minimum atomic E-state index is -3.20. The maximum Gasteiger partial charge on any atom is 0.254 e. The summed E-state index contributed by atoms with van der Waals surface area (Å²) in [5.41, 5.74) is 3.66. The molecule has 186 valence electrons. The zero-order chi connectivity index (χ0) is 25.2. The number of sulfonamides is 1. The zero-order valence-corrected chi connectivity index (χ0v) is 22.0. The van der Waals surface area contributed by atoms with E-state index >= 15 is 0 Å². The number of piperidine rings is 1. The Hall–Kier alpha value is -2.23. The maximum atomic E-state index is 13.1. The summed E-state index contributed by atoms with van der Waals surface area (Å²) in [5.74, 6) is -1.02. The van der Waals surface area contributed by atoms with Gasteiger partial charge in [0, 0.05) is 54.2 Å². The Bertz CT molecular complexity index is 1140. The smallest absolute Gasteiger partial charge is 0.254 e. The van der Waals surface area contributed by atoms with E-state index in [2.05, 4.69) is 15.2 Å². The van der Waals surface area contributed by atoms with Gasteiger partial charge in [-0.15, -0.1) is 0 Å². The van der Waals surface area contributed by atoms with E-state index in [1.165, 1.54) is 10.6 Å². The van der Waals surface area contributed by atoms with Crippen molar-refractivity contribution < 1.29 is 18.0 Å². The van der Waals surface area contributed by atoms with Crippen LogP contribution in [0.2, 0.25) is 5.02 Å². The number of rotatable bonds is 7. The molecule has 2 aliphatic heterocycles. The Labute approximate surface area is 207 Å². The molecule has 0 radical (unpaired) electrons. The van der Waals surface area contributed by atoms with Crippen LogP contribution in [0.1, 0.15) is 49.5 Å². The highest BCUT2D eigenvalue weighted by Gasteiger charge is 2.30. The van der Waals surface area contributed by atoms with Crippen LogP contribution in [0.5, 0.6) is 0 Å². The number of anilines is 1. The first-order valence-corrected chi connectivity index (χ1v) is 13.7. The molecular formula is C24H33ClN4O4S. The van der Waals surface area contributed by atoms with E-state index in [1.54, 1.807) is 13.0 Å². The number of benzene rings is 1. The van der Waals surface area contributed by atoms with E-state index in [0.29, 0.717) is 48.8 Å². The lowest BCUT2D eigenvalue weighted by atomic mass is 9.95. The van der Waals surface area contributed by atoms with Gasteiger partial charge in [-0.1, -0.05) is 17.2 Å². The largest absolute Gasteiger partial charge is 0.368 e. The Morgan fingerprint density at radius 3 is 2.44 bits per heavy atom. The molecule has 2 amide bonds. The first kappa shape index (κ1) is 26.4. The predicted molar refractivity (Wildman–Crippen MR) is 136 cm³/mol. The summed E-state index contributed by atoms with van der Waals surface area (Å²) < 4.78 is 25.3. The molecule has 0 spiro atoms. The lowest BCUT2D eigenvalue weighted by Gasteiger charge is -2.39. The number of allylic oxidation sites excluding steroid dienone is 1. The predicted octanol–water partition coefficient (Wildman–Crippen LogP) is 3.19. The van der Waals surface area contributed by atoms with Gasteiger partial charge in [-0.05, 0) is 64.3 Å². The average molecular weight is 509 g/mol. The van der Waals surface area contributed by atoms with Crippen LogP contribution in [-0.2, 0) is 14.8 Å². The molecule has 1 saturated heterocycles. The van der Waals surface area contributed by atoms with Crippen molar-refractivity contribution >= 4 is 44.8 Å². The molecule has 34 heavy (non-hydrogen) atoms. The Balaban J connectivity index is 1.78. The van der Waals surface area contributed by atoms with Crippen LogP contribution in [0, 0.1) is 12.8 Å². The number of carbonyl (C=O) groups excluding carboxylic acids is 2. The van der Waals surface area contributed by atoms with E-state index in [9.17, 15) is 18.0 Å². The number of carbonyl (C=O) groups is 2.